The summed E-state index contributed by atoms with van der Waals surface area (Å²) in [5, 5.41) is 5.38. The number of carbonyl (C=O) groups is 2. The van der Waals surface area contributed by atoms with Gasteiger partial charge in [-0.2, -0.15) is 0 Å². The third-order valence-corrected chi connectivity index (χ3v) is 7.78. The van der Waals surface area contributed by atoms with Crippen LogP contribution in [-0.4, -0.2) is 30.7 Å². The molecule has 3 fully saturated rings. The summed E-state index contributed by atoms with van der Waals surface area (Å²) in [5.41, 5.74) is 2.09. The molecule has 0 aromatic heterocycles. The van der Waals surface area contributed by atoms with E-state index in [2.05, 4.69) is 5.16 Å². The lowest BCUT2D eigenvalue weighted by atomic mass is 9.71. The predicted octanol–water partition coefficient (Wildman–Crippen LogP) is 4.18. The van der Waals surface area contributed by atoms with Crippen LogP contribution >= 0.6 is 23.2 Å². The van der Waals surface area contributed by atoms with Crippen LogP contribution in [0.15, 0.2) is 47.6 Å². The van der Waals surface area contributed by atoms with Gasteiger partial charge in [0.1, 0.15) is 11.9 Å². The molecule has 1 saturated heterocycles. The molecule has 31 heavy (non-hydrogen) atoms. The smallest absolute Gasteiger partial charge is 0.238 e. The van der Waals surface area contributed by atoms with Crippen LogP contribution < -0.4 is 9.64 Å². The number of benzene rings is 2. The summed E-state index contributed by atoms with van der Waals surface area (Å²) in [4.78, 5) is 33.9. The van der Waals surface area contributed by atoms with Gasteiger partial charge in [-0.25, -0.2) is 0 Å². The molecule has 6 atom stereocenters. The van der Waals surface area contributed by atoms with Gasteiger partial charge in [-0.15, -0.1) is 0 Å². The Hall–Kier alpha value is -2.57. The van der Waals surface area contributed by atoms with E-state index in [-0.39, 0.29) is 47.5 Å². The molecule has 0 N–H and O–H groups in total. The number of fused-ring (bicyclic) bond motifs is 8. The third-order valence-electron chi connectivity index (χ3n) is 7.23. The molecular weight excluding hydrogens is 439 g/mol. The van der Waals surface area contributed by atoms with Crippen molar-refractivity contribution in [2.45, 2.75) is 12.5 Å². The number of amides is 2. The van der Waals surface area contributed by atoms with Crippen molar-refractivity contribution in [3.63, 3.8) is 0 Å². The van der Waals surface area contributed by atoms with Crippen LogP contribution in [0.2, 0.25) is 10.0 Å². The lowest BCUT2D eigenvalue weighted by Gasteiger charge is -2.30. The minimum atomic E-state index is -0.365. The summed E-state index contributed by atoms with van der Waals surface area (Å²) in [5.74, 6) is -0.439. The first-order valence-corrected chi connectivity index (χ1v) is 11.0. The highest BCUT2D eigenvalue weighted by atomic mass is 35.5. The van der Waals surface area contributed by atoms with Gasteiger partial charge in [0.25, 0.3) is 0 Å². The van der Waals surface area contributed by atoms with Gasteiger partial charge < -0.3 is 9.57 Å². The molecule has 2 bridgehead atoms. The van der Waals surface area contributed by atoms with Crippen LogP contribution in [0.3, 0.4) is 0 Å². The van der Waals surface area contributed by atoms with Crippen LogP contribution in [0.25, 0.3) is 0 Å². The lowest BCUT2D eigenvalue weighted by molar-refractivity contribution is -0.125. The zero-order chi connectivity index (χ0) is 21.4. The number of imide groups is 1. The van der Waals surface area contributed by atoms with Crippen molar-refractivity contribution in [2.75, 3.05) is 12.0 Å². The Balaban J connectivity index is 1.34. The SMILES string of the molecule is COc1ccc(N2C(=O)[C@H]3[C@@H]4C[C@H]([C@H]5C(c6ccc(Cl)cc6Cl)=NO[C@H]45)[C@@H]3C2=O)cc1. The Morgan fingerprint density at radius 2 is 1.71 bits per heavy atom. The minimum Gasteiger partial charge on any atom is -0.497 e. The molecular formula is C23H18Cl2N2O4. The highest BCUT2D eigenvalue weighted by Gasteiger charge is 2.70. The number of anilines is 1. The molecule has 4 aliphatic rings. The number of halogens is 2. The van der Waals surface area contributed by atoms with Crippen LogP contribution in [0.1, 0.15) is 12.0 Å². The highest BCUT2D eigenvalue weighted by Crippen LogP contribution is 2.62. The van der Waals surface area contributed by atoms with E-state index in [0.717, 1.165) is 17.7 Å². The normalized spacial score (nSPS) is 32.7. The summed E-state index contributed by atoms with van der Waals surface area (Å²) in [6, 6.07) is 12.3. The van der Waals surface area contributed by atoms with Crippen LogP contribution in [0.4, 0.5) is 5.69 Å². The average molecular weight is 457 g/mol. The Bertz CT molecular complexity index is 1150. The molecule has 2 saturated carbocycles. The fourth-order valence-electron chi connectivity index (χ4n) is 6.03. The largest absolute Gasteiger partial charge is 0.497 e. The van der Waals surface area contributed by atoms with Crippen molar-refractivity contribution in [1.29, 1.82) is 0 Å². The second-order valence-corrected chi connectivity index (χ2v) is 9.37. The molecule has 6 rings (SSSR count). The minimum absolute atomic E-state index is 0.00677. The van der Waals surface area contributed by atoms with E-state index >= 15 is 0 Å². The number of hydrogen-bond donors (Lipinski definition) is 0. The molecule has 0 radical (unpaired) electrons. The Kier molecular flexibility index (Phi) is 4.14. The topological polar surface area (TPSA) is 68.2 Å². The van der Waals surface area contributed by atoms with Gasteiger partial charge in [-0.3, -0.25) is 14.5 Å². The lowest BCUT2D eigenvalue weighted by Crippen LogP contribution is -2.41. The zero-order valence-electron chi connectivity index (χ0n) is 16.5. The average Bonchev–Trinajstić information content (AvgIpc) is 3.49. The van der Waals surface area contributed by atoms with Gasteiger partial charge in [-0.05, 0) is 48.7 Å². The van der Waals surface area contributed by atoms with Crippen LogP contribution in [0.5, 0.6) is 5.75 Å². The number of rotatable bonds is 3. The fourth-order valence-corrected chi connectivity index (χ4v) is 6.54. The van der Waals surface area contributed by atoms with E-state index in [0.29, 0.717) is 21.5 Å². The van der Waals surface area contributed by atoms with Crippen LogP contribution in [0, 0.1) is 29.6 Å². The maximum Gasteiger partial charge on any atom is 0.238 e. The van der Waals surface area contributed by atoms with Crippen molar-refractivity contribution in [3.05, 3.63) is 58.1 Å². The fraction of sp³-hybridized carbons (Fsp3) is 0.348. The molecule has 6 nitrogen and oxygen atoms in total. The molecule has 2 aromatic carbocycles. The summed E-state index contributed by atoms with van der Waals surface area (Å²) >= 11 is 12.5. The van der Waals surface area contributed by atoms with Gasteiger partial charge in [-0.1, -0.05) is 34.4 Å². The molecule has 0 spiro atoms. The van der Waals surface area contributed by atoms with Gasteiger partial charge in [0.05, 0.1) is 35.4 Å². The van der Waals surface area contributed by atoms with Crippen molar-refractivity contribution >= 4 is 46.4 Å². The van der Waals surface area contributed by atoms with E-state index in [1.807, 2.05) is 6.07 Å². The first kappa shape index (κ1) is 19.1. The van der Waals surface area contributed by atoms with E-state index < -0.39 is 0 Å². The Morgan fingerprint density at radius 1 is 1.00 bits per heavy atom. The first-order chi connectivity index (χ1) is 15.0. The predicted molar refractivity (Wildman–Crippen MR) is 115 cm³/mol. The maximum atomic E-state index is 13.4. The third kappa shape index (κ3) is 2.55. The standard InChI is InChI=1S/C23H18Cl2N2O4/c1-30-12-5-3-11(4-6-12)27-22(28)17-14-9-15(18(17)23(27)29)21-19(14)20(26-31-21)13-7-2-10(24)8-16(13)25/h2-8,14-15,17-19,21H,9H2,1H3/t14-,15-,17-,18-,19-,21+/m0/s1. The number of oxime groups is 1. The molecule has 158 valence electrons. The molecule has 2 aliphatic heterocycles. The Labute approximate surface area is 188 Å². The quantitative estimate of drug-likeness (QED) is 0.649. The summed E-state index contributed by atoms with van der Waals surface area (Å²) < 4.78 is 5.19. The van der Waals surface area contributed by atoms with Gasteiger partial charge in [0, 0.05) is 22.4 Å². The Morgan fingerprint density at radius 3 is 2.39 bits per heavy atom. The van der Waals surface area contributed by atoms with Crippen LogP contribution in [-0.2, 0) is 14.4 Å². The molecule has 2 amide bonds. The van der Waals surface area contributed by atoms with Gasteiger partial charge in [0.2, 0.25) is 11.8 Å². The molecule has 2 aliphatic carbocycles. The molecule has 0 unspecified atom stereocenters. The van der Waals surface area contributed by atoms with Crippen molar-refractivity contribution in [2.24, 2.45) is 34.7 Å². The summed E-state index contributed by atoms with van der Waals surface area (Å²) in [6.45, 7) is 0. The number of nitrogens with zero attached hydrogens (tertiary/aromatic N) is 2. The summed E-state index contributed by atoms with van der Waals surface area (Å²) in [6.07, 6.45) is 0.573. The zero-order valence-corrected chi connectivity index (χ0v) is 18.0. The van der Waals surface area contributed by atoms with E-state index in [9.17, 15) is 9.59 Å². The number of carbonyl (C=O) groups excluding carboxylic acids is 2. The van der Waals surface area contributed by atoms with E-state index in [1.54, 1.807) is 43.5 Å². The van der Waals surface area contributed by atoms with Gasteiger partial charge in [0.15, 0.2) is 0 Å². The molecule has 2 heterocycles. The van der Waals surface area contributed by atoms with Crippen molar-refractivity contribution in [3.8, 4) is 5.75 Å². The second-order valence-electron chi connectivity index (χ2n) is 8.52. The van der Waals surface area contributed by atoms with Crippen molar-refractivity contribution < 1.29 is 19.2 Å². The summed E-state index contributed by atoms with van der Waals surface area (Å²) in [7, 11) is 1.58. The van der Waals surface area contributed by atoms with E-state index in [1.165, 1.54) is 4.90 Å². The highest BCUT2D eigenvalue weighted by molar-refractivity contribution is 6.37. The molecule has 8 heteroatoms. The van der Waals surface area contributed by atoms with Crippen molar-refractivity contribution in [1.82, 2.24) is 0 Å². The second kappa shape index (κ2) is 6.71. The van der Waals surface area contributed by atoms with E-state index in [4.69, 9.17) is 32.8 Å². The number of ether oxygens (including phenoxy) is 1. The monoisotopic (exact) mass is 456 g/mol. The number of methoxy groups -OCH3 is 1. The maximum absolute atomic E-state index is 13.4. The first-order valence-electron chi connectivity index (χ1n) is 10.2. The molecule has 2 aromatic rings. The van der Waals surface area contributed by atoms with Gasteiger partial charge >= 0.3 is 0 Å². The number of hydrogen-bond acceptors (Lipinski definition) is 5.